The first-order chi connectivity index (χ1) is 5.81. The Morgan fingerprint density at radius 1 is 1.58 bits per heavy atom. The fraction of sp³-hybridized carbons (Fsp3) is 0.222. The van der Waals surface area contributed by atoms with Gasteiger partial charge in [0.1, 0.15) is 5.82 Å². The third-order valence-electron chi connectivity index (χ3n) is 1.94. The zero-order valence-electron chi connectivity index (χ0n) is 6.79. The third-order valence-corrected chi connectivity index (χ3v) is 1.94. The molecule has 2 nitrogen and oxygen atoms in total. The summed E-state index contributed by atoms with van der Waals surface area (Å²) in [5.74, 6) is -0.210. The van der Waals surface area contributed by atoms with Gasteiger partial charge in [0, 0.05) is 6.20 Å². The van der Waals surface area contributed by atoms with Gasteiger partial charge in [-0.1, -0.05) is 6.92 Å². The fourth-order valence-electron chi connectivity index (χ4n) is 1.28. The first-order valence-corrected chi connectivity index (χ1v) is 3.93. The van der Waals surface area contributed by atoms with Crippen molar-refractivity contribution in [3.63, 3.8) is 0 Å². The van der Waals surface area contributed by atoms with Crippen LogP contribution in [-0.4, -0.2) is 9.61 Å². The van der Waals surface area contributed by atoms with Crippen LogP contribution < -0.4 is 0 Å². The van der Waals surface area contributed by atoms with Crippen molar-refractivity contribution in [3.05, 3.63) is 35.9 Å². The van der Waals surface area contributed by atoms with Gasteiger partial charge in [0.15, 0.2) is 0 Å². The van der Waals surface area contributed by atoms with Gasteiger partial charge in [-0.15, -0.1) is 0 Å². The van der Waals surface area contributed by atoms with Gasteiger partial charge in [0.05, 0.1) is 11.7 Å². The van der Waals surface area contributed by atoms with E-state index in [2.05, 4.69) is 5.10 Å². The Labute approximate surface area is 69.6 Å². The molecule has 62 valence electrons. The summed E-state index contributed by atoms with van der Waals surface area (Å²) < 4.78 is 14.5. The second kappa shape index (κ2) is 2.59. The van der Waals surface area contributed by atoms with Crippen LogP contribution in [0.4, 0.5) is 4.39 Å². The standard InChI is InChI=1S/C9H9FN2/c1-2-7-6-11-12-4-3-8(10)5-9(7)12/h3-6H,2H2,1H3. The topological polar surface area (TPSA) is 17.3 Å². The predicted octanol–water partition coefficient (Wildman–Crippen LogP) is 2.04. The molecule has 0 atom stereocenters. The lowest BCUT2D eigenvalue weighted by atomic mass is 10.2. The van der Waals surface area contributed by atoms with Crippen molar-refractivity contribution in [1.82, 2.24) is 9.61 Å². The minimum Gasteiger partial charge on any atom is -0.240 e. The van der Waals surface area contributed by atoms with Gasteiger partial charge >= 0.3 is 0 Å². The van der Waals surface area contributed by atoms with Gasteiger partial charge < -0.3 is 0 Å². The van der Waals surface area contributed by atoms with Crippen LogP contribution in [0.1, 0.15) is 12.5 Å². The minimum atomic E-state index is -0.210. The lowest BCUT2D eigenvalue weighted by Gasteiger charge is -1.94. The Balaban J connectivity index is 2.75. The van der Waals surface area contributed by atoms with Gasteiger partial charge in [-0.25, -0.2) is 8.91 Å². The van der Waals surface area contributed by atoms with E-state index in [-0.39, 0.29) is 5.82 Å². The number of aromatic nitrogens is 2. The number of fused-ring (bicyclic) bond motifs is 1. The van der Waals surface area contributed by atoms with E-state index >= 15 is 0 Å². The summed E-state index contributed by atoms with van der Waals surface area (Å²) in [6.45, 7) is 2.03. The lowest BCUT2D eigenvalue weighted by Crippen LogP contribution is -1.87. The molecule has 3 heteroatoms. The van der Waals surface area contributed by atoms with Gasteiger partial charge in [0.2, 0.25) is 0 Å². The quantitative estimate of drug-likeness (QED) is 0.630. The molecule has 0 N–H and O–H groups in total. The van der Waals surface area contributed by atoms with E-state index in [0.29, 0.717) is 0 Å². The second-order valence-electron chi connectivity index (χ2n) is 2.70. The third kappa shape index (κ3) is 0.978. The highest BCUT2D eigenvalue weighted by molar-refractivity contribution is 5.53. The molecule has 0 spiro atoms. The van der Waals surface area contributed by atoms with Crippen LogP contribution >= 0.6 is 0 Å². The molecule has 2 rings (SSSR count). The highest BCUT2D eigenvalue weighted by Gasteiger charge is 2.01. The minimum absolute atomic E-state index is 0.210. The summed E-state index contributed by atoms with van der Waals surface area (Å²) in [5.41, 5.74) is 1.94. The van der Waals surface area contributed by atoms with E-state index in [9.17, 15) is 4.39 Å². The Bertz CT molecular complexity index is 406. The van der Waals surface area contributed by atoms with Crippen molar-refractivity contribution in [3.8, 4) is 0 Å². The van der Waals surface area contributed by atoms with Crippen molar-refractivity contribution in [2.75, 3.05) is 0 Å². The monoisotopic (exact) mass is 164 g/mol. The number of hydrogen-bond acceptors (Lipinski definition) is 1. The average molecular weight is 164 g/mol. The van der Waals surface area contributed by atoms with E-state index in [4.69, 9.17) is 0 Å². The van der Waals surface area contributed by atoms with Crippen LogP contribution in [0.25, 0.3) is 5.52 Å². The first-order valence-electron chi connectivity index (χ1n) is 3.93. The zero-order valence-corrected chi connectivity index (χ0v) is 6.79. The molecule has 0 aliphatic heterocycles. The predicted molar refractivity (Wildman–Crippen MR) is 44.5 cm³/mol. The number of hydrogen-bond donors (Lipinski definition) is 0. The van der Waals surface area contributed by atoms with E-state index < -0.39 is 0 Å². The molecule has 0 saturated carbocycles. The smallest absolute Gasteiger partial charge is 0.126 e. The number of pyridine rings is 1. The first kappa shape index (κ1) is 7.28. The summed E-state index contributed by atoms with van der Waals surface area (Å²) in [6, 6.07) is 2.91. The summed E-state index contributed by atoms with van der Waals surface area (Å²) in [4.78, 5) is 0. The Hall–Kier alpha value is -1.38. The van der Waals surface area contributed by atoms with Gasteiger partial charge in [-0.3, -0.25) is 0 Å². The van der Waals surface area contributed by atoms with Crippen LogP contribution in [0, 0.1) is 5.82 Å². The van der Waals surface area contributed by atoms with Crippen molar-refractivity contribution in [1.29, 1.82) is 0 Å². The largest absolute Gasteiger partial charge is 0.240 e. The van der Waals surface area contributed by atoms with Gasteiger partial charge in [0.25, 0.3) is 0 Å². The number of nitrogens with zero attached hydrogens (tertiary/aromatic N) is 2. The van der Waals surface area contributed by atoms with Gasteiger partial charge in [-0.05, 0) is 24.1 Å². The number of aryl methyl sites for hydroxylation is 1. The fourth-order valence-corrected chi connectivity index (χ4v) is 1.28. The van der Waals surface area contributed by atoms with E-state index in [1.165, 1.54) is 12.1 Å². The van der Waals surface area contributed by atoms with Crippen molar-refractivity contribution in [2.24, 2.45) is 0 Å². The van der Waals surface area contributed by atoms with Crippen LogP contribution in [0.3, 0.4) is 0 Å². The molecule has 0 unspecified atom stereocenters. The van der Waals surface area contributed by atoms with E-state index in [1.807, 2.05) is 6.92 Å². The molecule has 0 aliphatic carbocycles. The highest BCUT2D eigenvalue weighted by Crippen LogP contribution is 2.11. The Morgan fingerprint density at radius 3 is 3.17 bits per heavy atom. The maximum atomic E-state index is 12.8. The van der Waals surface area contributed by atoms with E-state index in [1.54, 1.807) is 16.9 Å². The number of rotatable bonds is 1. The van der Waals surface area contributed by atoms with E-state index in [0.717, 1.165) is 17.5 Å². The second-order valence-corrected chi connectivity index (χ2v) is 2.70. The molecule has 2 aromatic heterocycles. The van der Waals surface area contributed by atoms with Crippen LogP contribution in [0.15, 0.2) is 24.5 Å². The zero-order chi connectivity index (χ0) is 8.55. The van der Waals surface area contributed by atoms with Gasteiger partial charge in [-0.2, -0.15) is 5.10 Å². The molecule has 0 bridgehead atoms. The van der Waals surface area contributed by atoms with Crippen LogP contribution in [0.2, 0.25) is 0 Å². The average Bonchev–Trinajstić information content (AvgIpc) is 2.46. The number of halogens is 1. The highest BCUT2D eigenvalue weighted by atomic mass is 19.1. The molecule has 0 aromatic carbocycles. The Kier molecular flexibility index (Phi) is 1.57. The summed E-state index contributed by atoms with van der Waals surface area (Å²) in [6.07, 6.45) is 4.28. The molecule has 2 aromatic rings. The summed E-state index contributed by atoms with van der Waals surface area (Å²) >= 11 is 0. The Morgan fingerprint density at radius 2 is 2.42 bits per heavy atom. The molecule has 0 radical (unpaired) electrons. The molecule has 0 aliphatic rings. The summed E-state index contributed by atoms with van der Waals surface area (Å²) in [7, 11) is 0. The molecule has 0 amide bonds. The molecule has 0 fully saturated rings. The molecule has 12 heavy (non-hydrogen) atoms. The molecular formula is C9H9FN2. The SMILES string of the molecule is CCc1cnn2ccc(F)cc12. The molecule has 2 heterocycles. The molecular weight excluding hydrogens is 155 g/mol. The van der Waals surface area contributed by atoms with Crippen LogP contribution in [-0.2, 0) is 6.42 Å². The maximum Gasteiger partial charge on any atom is 0.126 e. The van der Waals surface area contributed by atoms with Crippen molar-refractivity contribution in [2.45, 2.75) is 13.3 Å². The van der Waals surface area contributed by atoms with Crippen molar-refractivity contribution < 1.29 is 4.39 Å². The maximum absolute atomic E-state index is 12.8. The normalized spacial score (nSPS) is 10.8. The van der Waals surface area contributed by atoms with Crippen LogP contribution in [0.5, 0.6) is 0 Å². The summed E-state index contributed by atoms with van der Waals surface area (Å²) in [5, 5.41) is 4.08. The molecule has 0 saturated heterocycles. The van der Waals surface area contributed by atoms with Crippen molar-refractivity contribution >= 4 is 5.52 Å². The lowest BCUT2D eigenvalue weighted by molar-refractivity contribution is 0.625.